The van der Waals surface area contributed by atoms with Gasteiger partial charge in [0.1, 0.15) is 0 Å². The zero-order chi connectivity index (χ0) is 18.7. The molecule has 0 spiro atoms. The molecular formula is C20H28ClN3O2. The maximum atomic E-state index is 12.6. The third-order valence-corrected chi connectivity index (χ3v) is 5.58. The van der Waals surface area contributed by atoms with Crippen molar-refractivity contribution >= 4 is 23.4 Å². The lowest BCUT2D eigenvalue weighted by Gasteiger charge is -2.38. The summed E-state index contributed by atoms with van der Waals surface area (Å²) in [7, 11) is 0. The number of carbonyl (C=O) groups is 2. The lowest BCUT2D eigenvalue weighted by Crippen LogP contribution is -2.53. The van der Waals surface area contributed by atoms with Crippen molar-refractivity contribution < 1.29 is 9.59 Å². The largest absolute Gasteiger partial charge is 0.341 e. The molecule has 0 radical (unpaired) electrons. The number of piperazine rings is 1. The van der Waals surface area contributed by atoms with Gasteiger partial charge in [-0.25, -0.2) is 0 Å². The van der Waals surface area contributed by atoms with Gasteiger partial charge in [0.05, 0.1) is 6.54 Å². The summed E-state index contributed by atoms with van der Waals surface area (Å²) in [5, 5.41) is 0.631. The third-order valence-electron chi connectivity index (χ3n) is 5.33. The van der Waals surface area contributed by atoms with E-state index >= 15 is 0 Å². The van der Waals surface area contributed by atoms with E-state index in [2.05, 4.69) is 18.7 Å². The molecule has 142 valence electrons. The first kappa shape index (κ1) is 19.2. The van der Waals surface area contributed by atoms with Crippen LogP contribution in [0.3, 0.4) is 0 Å². The highest BCUT2D eigenvalue weighted by Gasteiger charge is 2.28. The standard InChI is InChI=1S/C20H28ClN3O2/c1-15-11-16(2)13-24(12-15)19(25)14-22-7-9-23(10-8-22)20(26)17-3-5-18(21)6-4-17/h3-6,15-16H,7-14H2,1-2H3. The van der Waals surface area contributed by atoms with Crippen LogP contribution in [-0.2, 0) is 4.79 Å². The summed E-state index contributed by atoms with van der Waals surface area (Å²) >= 11 is 5.88. The fraction of sp³-hybridized carbons (Fsp3) is 0.600. The molecule has 2 amide bonds. The number of hydrogen-bond acceptors (Lipinski definition) is 3. The molecule has 2 aliphatic heterocycles. The highest BCUT2D eigenvalue weighted by atomic mass is 35.5. The van der Waals surface area contributed by atoms with Crippen molar-refractivity contribution in [3.63, 3.8) is 0 Å². The molecule has 6 heteroatoms. The topological polar surface area (TPSA) is 43.9 Å². The van der Waals surface area contributed by atoms with E-state index in [1.807, 2.05) is 9.80 Å². The van der Waals surface area contributed by atoms with Crippen LogP contribution in [0.1, 0.15) is 30.6 Å². The van der Waals surface area contributed by atoms with Gasteiger partial charge in [-0.3, -0.25) is 14.5 Å². The molecule has 2 unspecified atom stereocenters. The Kier molecular flexibility index (Phi) is 6.20. The summed E-state index contributed by atoms with van der Waals surface area (Å²) in [6.45, 7) is 9.43. The zero-order valence-electron chi connectivity index (χ0n) is 15.7. The number of hydrogen-bond donors (Lipinski definition) is 0. The first-order valence-electron chi connectivity index (χ1n) is 9.47. The minimum absolute atomic E-state index is 0.0336. The highest BCUT2D eigenvalue weighted by molar-refractivity contribution is 6.30. The van der Waals surface area contributed by atoms with Gasteiger partial charge >= 0.3 is 0 Å². The number of rotatable bonds is 3. The molecular weight excluding hydrogens is 350 g/mol. The van der Waals surface area contributed by atoms with Gasteiger partial charge in [-0.05, 0) is 42.5 Å². The van der Waals surface area contributed by atoms with Crippen LogP contribution in [0.2, 0.25) is 5.02 Å². The maximum Gasteiger partial charge on any atom is 0.253 e. The van der Waals surface area contributed by atoms with Gasteiger partial charge in [0.15, 0.2) is 0 Å². The Hall–Kier alpha value is -1.59. The maximum absolute atomic E-state index is 12.6. The van der Waals surface area contributed by atoms with Gasteiger partial charge in [0.25, 0.3) is 5.91 Å². The first-order chi connectivity index (χ1) is 12.4. The molecule has 0 saturated carbocycles. The van der Waals surface area contributed by atoms with E-state index in [9.17, 15) is 9.59 Å². The van der Waals surface area contributed by atoms with Gasteiger partial charge in [0.2, 0.25) is 5.91 Å². The van der Waals surface area contributed by atoms with Gasteiger partial charge in [0, 0.05) is 49.9 Å². The van der Waals surface area contributed by atoms with Gasteiger partial charge in [-0.1, -0.05) is 25.4 Å². The molecule has 26 heavy (non-hydrogen) atoms. The Morgan fingerprint density at radius 1 is 0.962 bits per heavy atom. The molecule has 2 saturated heterocycles. The molecule has 1 aromatic rings. The average molecular weight is 378 g/mol. The van der Waals surface area contributed by atoms with Crippen LogP contribution < -0.4 is 0 Å². The molecule has 0 aromatic heterocycles. The number of halogens is 1. The molecule has 2 fully saturated rings. The fourth-order valence-corrected chi connectivity index (χ4v) is 4.17. The van der Waals surface area contributed by atoms with Gasteiger partial charge in [-0.2, -0.15) is 0 Å². The van der Waals surface area contributed by atoms with Crippen LogP contribution in [0.25, 0.3) is 0 Å². The fourth-order valence-electron chi connectivity index (χ4n) is 4.04. The van der Waals surface area contributed by atoms with Gasteiger partial charge in [-0.15, -0.1) is 0 Å². The lowest BCUT2D eigenvalue weighted by molar-refractivity contribution is -0.135. The monoisotopic (exact) mass is 377 g/mol. The Morgan fingerprint density at radius 3 is 2.12 bits per heavy atom. The lowest BCUT2D eigenvalue weighted by atomic mass is 9.92. The minimum Gasteiger partial charge on any atom is -0.341 e. The number of benzene rings is 1. The molecule has 5 nitrogen and oxygen atoms in total. The van der Waals surface area contributed by atoms with Crippen LogP contribution in [0.4, 0.5) is 0 Å². The molecule has 2 atom stereocenters. The van der Waals surface area contributed by atoms with Crippen molar-refractivity contribution in [2.45, 2.75) is 20.3 Å². The van der Waals surface area contributed by atoms with Crippen LogP contribution in [0.5, 0.6) is 0 Å². The predicted octanol–water partition coefficient (Wildman–Crippen LogP) is 2.60. The highest BCUT2D eigenvalue weighted by Crippen LogP contribution is 2.21. The second kappa shape index (κ2) is 8.40. The Balaban J connectivity index is 1.48. The Bertz CT molecular complexity index is 631. The van der Waals surface area contributed by atoms with Crippen molar-refractivity contribution in [1.29, 1.82) is 0 Å². The first-order valence-corrected chi connectivity index (χ1v) is 9.85. The van der Waals surface area contributed by atoms with Crippen LogP contribution >= 0.6 is 11.6 Å². The van der Waals surface area contributed by atoms with Gasteiger partial charge < -0.3 is 9.80 Å². The number of likely N-dealkylation sites (tertiary alicyclic amines) is 1. The predicted molar refractivity (Wildman–Crippen MR) is 103 cm³/mol. The van der Waals surface area contributed by atoms with E-state index in [1.165, 1.54) is 6.42 Å². The van der Waals surface area contributed by atoms with E-state index in [4.69, 9.17) is 11.6 Å². The molecule has 2 aliphatic rings. The number of nitrogens with zero attached hydrogens (tertiary/aromatic N) is 3. The summed E-state index contributed by atoms with van der Waals surface area (Å²) in [5.74, 6) is 1.42. The minimum atomic E-state index is 0.0336. The Labute approximate surface area is 160 Å². The molecule has 0 bridgehead atoms. The third kappa shape index (κ3) is 4.77. The summed E-state index contributed by atoms with van der Waals surface area (Å²) < 4.78 is 0. The normalized spacial score (nSPS) is 24.6. The summed E-state index contributed by atoms with van der Waals surface area (Å²) in [4.78, 5) is 31.2. The second-order valence-electron chi connectivity index (χ2n) is 7.82. The summed E-state index contributed by atoms with van der Waals surface area (Å²) in [6, 6.07) is 7.01. The zero-order valence-corrected chi connectivity index (χ0v) is 16.4. The molecule has 0 N–H and O–H groups in total. The van der Waals surface area contributed by atoms with E-state index in [1.54, 1.807) is 24.3 Å². The van der Waals surface area contributed by atoms with E-state index in [-0.39, 0.29) is 11.8 Å². The SMILES string of the molecule is CC1CC(C)CN(C(=O)CN2CCN(C(=O)c3ccc(Cl)cc3)CC2)C1. The van der Waals surface area contributed by atoms with E-state index < -0.39 is 0 Å². The summed E-state index contributed by atoms with van der Waals surface area (Å²) in [5.41, 5.74) is 0.662. The van der Waals surface area contributed by atoms with Crippen LogP contribution in [-0.4, -0.2) is 72.3 Å². The van der Waals surface area contributed by atoms with Crippen LogP contribution in [0, 0.1) is 11.8 Å². The number of amides is 2. The molecule has 3 rings (SSSR count). The molecule has 0 aliphatic carbocycles. The van der Waals surface area contributed by atoms with E-state index in [0.29, 0.717) is 42.1 Å². The van der Waals surface area contributed by atoms with Crippen LogP contribution in [0.15, 0.2) is 24.3 Å². The van der Waals surface area contributed by atoms with Crippen molar-refractivity contribution in [3.8, 4) is 0 Å². The molecule has 2 heterocycles. The number of piperidine rings is 1. The smallest absolute Gasteiger partial charge is 0.253 e. The molecule has 1 aromatic carbocycles. The van der Waals surface area contributed by atoms with Crippen molar-refractivity contribution in [1.82, 2.24) is 14.7 Å². The van der Waals surface area contributed by atoms with Crippen molar-refractivity contribution in [3.05, 3.63) is 34.9 Å². The Morgan fingerprint density at radius 2 is 1.54 bits per heavy atom. The summed E-state index contributed by atoms with van der Waals surface area (Å²) in [6.07, 6.45) is 1.20. The second-order valence-corrected chi connectivity index (χ2v) is 8.26. The van der Waals surface area contributed by atoms with Crippen molar-refractivity contribution in [2.75, 3.05) is 45.8 Å². The van der Waals surface area contributed by atoms with Crippen molar-refractivity contribution in [2.24, 2.45) is 11.8 Å². The van der Waals surface area contributed by atoms with E-state index in [0.717, 1.165) is 26.2 Å². The quantitative estimate of drug-likeness (QED) is 0.813. The average Bonchev–Trinajstić information content (AvgIpc) is 2.61. The number of carbonyl (C=O) groups excluding carboxylic acids is 2.